The number of urea groups is 1. The summed E-state index contributed by atoms with van der Waals surface area (Å²) in [7, 11) is 0. The highest BCUT2D eigenvalue weighted by molar-refractivity contribution is 5.97. The second-order valence-electron chi connectivity index (χ2n) is 5.45. The summed E-state index contributed by atoms with van der Waals surface area (Å²) in [6.07, 6.45) is 7.35. The van der Waals surface area contributed by atoms with Crippen molar-refractivity contribution < 1.29 is 14.7 Å². The Balaban J connectivity index is 1.84. The molecule has 1 aromatic rings. The van der Waals surface area contributed by atoms with Crippen LogP contribution in [0, 0.1) is 0 Å². The van der Waals surface area contributed by atoms with Gasteiger partial charge < -0.3 is 10.4 Å². The SMILES string of the molecule is O=C(O)c1cccc2c1CCCN2C(=O)NC1CC=CC1. The van der Waals surface area contributed by atoms with Crippen LogP contribution < -0.4 is 10.2 Å². The van der Waals surface area contributed by atoms with Crippen LogP contribution in [0.5, 0.6) is 0 Å². The van der Waals surface area contributed by atoms with Gasteiger partial charge in [-0.05, 0) is 43.4 Å². The number of carbonyl (C=O) groups excluding carboxylic acids is 1. The number of nitrogens with one attached hydrogen (secondary N) is 1. The average molecular weight is 286 g/mol. The maximum Gasteiger partial charge on any atom is 0.336 e. The lowest BCUT2D eigenvalue weighted by atomic mass is 9.96. The topological polar surface area (TPSA) is 69.6 Å². The summed E-state index contributed by atoms with van der Waals surface area (Å²) in [6, 6.07) is 5.15. The van der Waals surface area contributed by atoms with Gasteiger partial charge in [-0.1, -0.05) is 18.2 Å². The molecular weight excluding hydrogens is 268 g/mol. The molecular formula is C16H18N2O3. The zero-order valence-electron chi connectivity index (χ0n) is 11.7. The molecule has 0 fully saturated rings. The number of carboxylic acid groups (broad SMARTS) is 1. The van der Waals surface area contributed by atoms with Crippen LogP contribution in [0.2, 0.25) is 0 Å². The predicted molar refractivity (Wildman–Crippen MR) is 79.8 cm³/mol. The van der Waals surface area contributed by atoms with E-state index in [4.69, 9.17) is 0 Å². The highest BCUT2D eigenvalue weighted by Crippen LogP contribution is 2.30. The first-order chi connectivity index (χ1) is 10.2. The van der Waals surface area contributed by atoms with Gasteiger partial charge in [0.25, 0.3) is 0 Å². The second kappa shape index (κ2) is 5.60. The number of aromatic carboxylic acids is 1. The maximum absolute atomic E-state index is 12.4. The number of hydrogen-bond donors (Lipinski definition) is 2. The molecule has 1 aliphatic heterocycles. The third-order valence-corrected chi connectivity index (χ3v) is 4.06. The molecule has 0 atom stereocenters. The first-order valence-corrected chi connectivity index (χ1v) is 7.25. The van der Waals surface area contributed by atoms with Crippen LogP contribution in [0.15, 0.2) is 30.4 Å². The Bertz CT molecular complexity index is 602. The predicted octanol–water partition coefficient (Wildman–Crippen LogP) is 2.57. The summed E-state index contributed by atoms with van der Waals surface area (Å²) < 4.78 is 0. The molecule has 5 nitrogen and oxygen atoms in total. The second-order valence-corrected chi connectivity index (χ2v) is 5.45. The molecule has 1 heterocycles. The molecule has 2 N–H and O–H groups in total. The van der Waals surface area contributed by atoms with Crippen LogP contribution in [0.25, 0.3) is 0 Å². The van der Waals surface area contributed by atoms with E-state index in [1.165, 1.54) is 0 Å². The van der Waals surface area contributed by atoms with Gasteiger partial charge in [0.1, 0.15) is 0 Å². The van der Waals surface area contributed by atoms with Crippen molar-refractivity contribution >= 4 is 17.7 Å². The number of anilines is 1. The Kier molecular flexibility index (Phi) is 3.64. The van der Waals surface area contributed by atoms with Crippen molar-refractivity contribution in [2.45, 2.75) is 31.7 Å². The van der Waals surface area contributed by atoms with E-state index in [0.29, 0.717) is 18.5 Å². The molecule has 0 saturated carbocycles. The molecule has 0 spiro atoms. The number of hydrogen-bond acceptors (Lipinski definition) is 2. The zero-order valence-corrected chi connectivity index (χ0v) is 11.7. The smallest absolute Gasteiger partial charge is 0.336 e. The van der Waals surface area contributed by atoms with Gasteiger partial charge in [-0.2, -0.15) is 0 Å². The number of nitrogens with zero attached hydrogens (tertiary/aromatic N) is 1. The van der Waals surface area contributed by atoms with Crippen molar-refractivity contribution in [1.82, 2.24) is 5.32 Å². The number of benzene rings is 1. The minimum absolute atomic E-state index is 0.132. The van der Waals surface area contributed by atoms with Crippen LogP contribution in [0.3, 0.4) is 0 Å². The fraction of sp³-hybridized carbons (Fsp3) is 0.375. The number of carbonyl (C=O) groups is 2. The van der Waals surface area contributed by atoms with Crippen molar-refractivity contribution in [1.29, 1.82) is 0 Å². The molecule has 0 bridgehead atoms. The van der Waals surface area contributed by atoms with E-state index in [9.17, 15) is 14.7 Å². The quantitative estimate of drug-likeness (QED) is 0.821. The van der Waals surface area contributed by atoms with Crippen LogP contribution in [-0.4, -0.2) is 29.7 Å². The van der Waals surface area contributed by atoms with Crippen LogP contribution >= 0.6 is 0 Å². The first-order valence-electron chi connectivity index (χ1n) is 7.25. The summed E-state index contributed by atoms with van der Waals surface area (Å²) in [5.41, 5.74) is 1.79. The monoisotopic (exact) mass is 286 g/mol. The summed E-state index contributed by atoms with van der Waals surface area (Å²) in [5, 5.41) is 12.3. The zero-order chi connectivity index (χ0) is 14.8. The summed E-state index contributed by atoms with van der Waals surface area (Å²) >= 11 is 0. The van der Waals surface area contributed by atoms with Gasteiger partial charge in [-0.15, -0.1) is 0 Å². The Hall–Kier alpha value is -2.30. The molecule has 1 aromatic carbocycles. The molecule has 21 heavy (non-hydrogen) atoms. The third kappa shape index (κ3) is 2.63. The molecule has 0 saturated heterocycles. The Morgan fingerprint density at radius 2 is 2.00 bits per heavy atom. The Morgan fingerprint density at radius 3 is 2.71 bits per heavy atom. The van der Waals surface area contributed by atoms with Gasteiger partial charge >= 0.3 is 12.0 Å². The van der Waals surface area contributed by atoms with Crippen molar-refractivity contribution in [2.75, 3.05) is 11.4 Å². The molecule has 0 unspecified atom stereocenters. The van der Waals surface area contributed by atoms with Gasteiger partial charge in [0.05, 0.1) is 5.56 Å². The van der Waals surface area contributed by atoms with Crippen molar-refractivity contribution in [3.63, 3.8) is 0 Å². The van der Waals surface area contributed by atoms with Gasteiger partial charge in [0.15, 0.2) is 0 Å². The van der Waals surface area contributed by atoms with Gasteiger partial charge in [0, 0.05) is 18.3 Å². The normalized spacial score (nSPS) is 17.6. The summed E-state index contributed by atoms with van der Waals surface area (Å²) in [6.45, 7) is 0.627. The first kappa shape index (κ1) is 13.7. The van der Waals surface area contributed by atoms with Crippen molar-refractivity contribution in [3.8, 4) is 0 Å². The van der Waals surface area contributed by atoms with Crippen molar-refractivity contribution in [3.05, 3.63) is 41.5 Å². The lowest BCUT2D eigenvalue weighted by Crippen LogP contribution is -2.46. The number of rotatable bonds is 2. The number of carboxylic acids is 1. The van der Waals surface area contributed by atoms with E-state index < -0.39 is 5.97 Å². The minimum Gasteiger partial charge on any atom is -0.478 e. The van der Waals surface area contributed by atoms with E-state index in [2.05, 4.69) is 17.5 Å². The average Bonchev–Trinajstić information content (AvgIpc) is 2.98. The van der Waals surface area contributed by atoms with Crippen molar-refractivity contribution in [2.24, 2.45) is 0 Å². The number of amides is 2. The number of fused-ring (bicyclic) bond motifs is 1. The molecule has 1 aliphatic carbocycles. The molecule has 5 heteroatoms. The lowest BCUT2D eigenvalue weighted by molar-refractivity contribution is 0.0695. The van der Waals surface area contributed by atoms with E-state index in [0.717, 1.165) is 30.5 Å². The van der Waals surface area contributed by atoms with E-state index in [1.807, 2.05) is 6.07 Å². The molecule has 0 radical (unpaired) electrons. The molecule has 0 aromatic heterocycles. The van der Waals surface area contributed by atoms with E-state index in [-0.39, 0.29) is 12.1 Å². The lowest BCUT2D eigenvalue weighted by Gasteiger charge is -2.31. The Labute approximate surface area is 123 Å². The third-order valence-electron chi connectivity index (χ3n) is 4.06. The standard InChI is InChI=1S/C16H18N2O3/c19-15(20)13-7-3-9-14-12(13)8-4-10-18(14)16(21)17-11-5-1-2-6-11/h1-3,7,9,11H,4-6,8,10H2,(H,17,21)(H,19,20). The molecule has 3 rings (SSSR count). The highest BCUT2D eigenvalue weighted by atomic mass is 16.4. The van der Waals surface area contributed by atoms with Crippen LogP contribution in [0.1, 0.15) is 35.2 Å². The maximum atomic E-state index is 12.4. The summed E-state index contributed by atoms with van der Waals surface area (Å²) in [5.74, 6) is -0.936. The molecule has 110 valence electrons. The largest absolute Gasteiger partial charge is 0.478 e. The van der Waals surface area contributed by atoms with Gasteiger partial charge in [-0.25, -0.2) is 9.59 Å². The highest BCUT2D eigenvalue weighted by Gasteiger charge is 2.27. The van der Waals surface area contributed by atoms with Crippen LogP contribution in [-0.2, 0) is 6.42 Å². The minimum atomic E-state index is -0.936. The fourth-order valence-corrected chi connectivity index (χ4v) is 3.02. The Morgan fingerprint density at radius 1 is 1.24 bits per heavy atom. The van der Waals surface area contributed by atoms with E-state index >= 15 is 0 Å². The summed E-state index contributed by atoms with van der Waals surface area (Å²) in [4.78, 5) is 25.4. The van der Waals surface area contributed by atoms with E-state index in [1.54, 1.807) is 17.0 Å². The van der Waals surface area contributed by atoms with Crippen LogP contribution in [0.4, 0.5) is 10.5 Å². The van der Waals surface area contributed by atoms with Gasteiger partial charge in [-0.3, -0.25) is 4.90 Å². The van der Waals surface area contributed by atoms with Gasteiger partial charge in [0.2, 0.25) is 0 Å². The molecule has 2 amide bonds. The molecule has 2 aliphatic rings. The fourth-order valence-electron chi connectivity index (χ4n) is 3.02.